The maximum atomic E-state index is 13.5. The van der Waals surface area contributed by atoms with Gasteiger partial charge in [0.15, 0.2) is 0 Å². The van der Waals surface area contributed by atoms with Crippen molar-refractivity contribution in [1.29, 1.82) is 0 Å². The highest BCUT2D eigenvalue weighted by molar-refractivity contribution is 14.1. The van der Waals surface area contributed by atoms with Gasteiger partial charge in [-0.1, -0.05) is 0 Å². The van der Waals surface area contributed by atoms with E-state index in [-0.39, 0.29) is 45.1 Å². The van der Waals surface area contributed by atoms with Crippen LogP contribution in [-0.2, 0) is 44.7 Å². The molecule has 2 bridgehead atoms. The van der Waals surface area contributed by atoms with Crippen molar-refractivity contribution in [3.63, 3.8) is 0 Å². The lowest BCUT2D eigenvalue weighted by molar-refractivity contribution is -0.297. The van der Waals surface area contributed by atoms with E-state index in [0.717, 1.165) is 24.3 Å². The van der Waals surface area contributed by atoms with Gasteiger partial charge in [-0.25, -0.2) is 25.3 Å². The number of phenolic OH excluding ortho intramolecular Hbond substituents is 2. The maximum absolute atomic E-state index is 13.5. The number of rotatable bonds is 14. The van der Waals surface area contributed by atoms with Crippen LogP contribution in [-0.4, -0.2) is 156 Å². The van der Waals surface area contributed by atoms with E-state index in [1.165, 1.54) is 73.8 Å². The van der Waals surface area contributed by atoms with E-state index < -0.39 is 171 Å². The summed E-state index contributed by atoms with van der Waals surface area (Å²) in [6.07, 6.45) is -37.6. The Balaban J connectivity index is 0.000000296. The molecule has 5 N–H and O–H groups in total. The molecule has 48 heteroatoms. The Morgan fingerprint density at radius 2 is 0.944 bits per heavy atom. The van der Waals surface area contributed by atoms with Gasteiger partial charge in [0.2, 0.25) is 16.6 Å². The van der Waals surface area contributed by atoms with Gasteiger partial charge in [0.25, 0.3) is 17.7 Å². The van der Waals surface area contributed by atoms with Crippen LogP contribution < -0.4 is 20.7 Å². The molecule has 3 amide bonds. The first-order chi connectivity index (χ1) is 40.1. The summed E-state index contributed by atoms with van der Waals surface area (Å²) >= 11 is 9.09. The molecule has 1 aliphatic heterocycles. The minimum absolute atomic E-state index is 0.0549. The molecule has 6 rings (SSSR count). The van der Waals surface area contributed by atoms with Crippen LogP contribution in [0.1, 0.15) is 43.9 Å². The number of carbonyl (C=O) groups is 5. The predicted molar refractivity (Wildman–Crippen MR) is 308 cm³/mol. The molecule has 5 atom stereocenters. The topological polar surface area (TPSA) is 352 Å². The van der Waals surface area contributed by atoms with Gasteiger partial charge in [-0.2, -0.15) is 79.0 Å². The highest BCUT2D eigenvalue weighted by Crippen LogP contribution is 2.58. The van der Waals surface area contributed by atoms with Crippen LogP contribution in [0.25, 0.3) is 0 Å². The van der Waals surface area contributed by atoms with Gasteiger partial charge in [0.05, 0.1) is 84.9 Å². The van der Waals surface area contributed by atoms with Crippen LogP contribution in [0.3, 0.4) is 0 Å². The van der Waals surface area contributed by atoms with E-state index >= 15 is 0 Å². The largest absolute Gasteiger partial charge is 0.748 e. The van der Waals surface area contributed by atoms with Gasteiger partial charge >= 0.3 is 49.0 Å². The molecule has 1 heterocycles. The van der Waals surface area contributed by atoms with Crippen molar-refractivity contribution in [3.8, 4) is 17.2 Å². The van der Waals surface area contributed by atoms with E-state index in [4.69, 9.17) is 9.47 Å². The summed E-state index contributed by atoms with van der Waals surface area (Å²) in [4.78, 5) is 61.7. The molecule has 3 aromatic rings. The fourth-order valence-corrected chi connectivity index (χ4v) is 17.8. The first-order valence-electron chi connectivity index (χ1n) is 22.5. The number of alkyl halides is 18. The molecular weight excluding hydrogens is 2030 g/mol. The van der Waals surface area contributed by atoms with Gasteiger partial charge < -0.3 is 49.3 Å². The average Bonchev–Trinajstić information content (AvgIpc) is 1.30. The van der Waals surface area contributed by atoms with Crippen molar-refractivity contribution in [3.05, 3.63) is 74.5 Å². The van der Waals surface area contributed by atoms with Crippen LogP contribution in [0.4, 0.5) is 79.0 Å². The molecule has 5 unspecified atom stereocenters. The Hall–Kier alpha value is -2.54. The van der Waals surface area contributed by atoms with E-state index in [1.807, 2.05) is 0 Å². The number of hydrogen-bond donors (Lipinski definition) is 5. The summed E-state index contributed by atoms with van der Waals surface area (Å²) in [5, 5.41) is 21.3. The lowest BCUT2D eigenvalue weighted by Crippen LogP contribution is -2.70. The summed E-state index contributed by atoms with van der Waals surface area (Å²) in [5.41, 5.74) is -18.6. The third-order valence-electron chi connectivity index (χ3n) is 12.9. The monoisotopic (exact) mass is 2060 g/mol. The normalized spacial score (nSPS) is 19.2. The summed E-state index contributed by atoms with van der Waals surface area (Å²) in [6.45, 7) is 0. The van der Waals surface area contributed by atoms with Gasteiger partial charge in [-0.3, -0.25) is 24.0 Å². The molecule has 0 radical (unpaired) electrons. The number of phenols is 2. The van der Waals surface area contributed by atoms with Crippen LogP contribution in [0, 0.1) is 45.1 Å². The highest BCUT2D eigenvalue weighted by atomic mass is 127. The van der Waals surface area contributed by atoms with Gasteiger partial charge in [0.1, 0.15) is 23.4 Å². The fraction of sp³-hybridized carbons (Fsp3) is 0.452. The van der Waals surface area contributed by atoms with Crippen molar-refractivity contribution in [1.82, 2.24) is 16.0 Å². The summed E-state index contributed by atoms with van der Waals surface area (Å²) in [6, 6.07) is 5.74. The number of halogens is 24. The molecule has 2 aliphatic carbocycles. The summed E-state index contributed by atoms with van der Waals surface area (Å²) in [7, 11) is -18.3. The van der Waals surface area contributed by atoms with Gasteiger partial charge in [-0.05, 0) is 191 Å². The molecule has 506 valence electrons. The minimum Gasteiger partial charge on any atom is -0.748 e. The maximum Gasteiger partial charge on any atom is 0.421 e. The number of fused-ring (bicyclic) bond motifs is 1. The lowest BCUT2D eigenvalue weighted by atomic mass is 9.80. The number of esters is 2. The standard InChI is InChI=1S/C20H16F6INO8S.C11H6F6I3NO5S.C11H7F6I2NO5S/c21-19(22,23)18(20(24,25)26,6-37(32,33)34)28-15(29)7-1-2-10(27)12(4-7)36-16(30)13-8-3-9-11(5-8)35-17(31)14(9)13;12-10(13,14)9(11(15,16)17,2-27(24,25)26)21-8(23)5-3(18)1-4(19)7(22)6(5)20;12-10(13,14)9(11(15,16)17,3-26(23,24)25)20-8(22)5-1-4(18)2-6(19)7(5)21/h1-2,4,8-9,11,13-14H,3,5-6H2,(H,28,29)(H,32,33,34);1,22H,2H2,(H,21,23)(H,24,25,26);1-2,21H,3H2,(H,20,22)(H,23,24,25)/p-3. The molecular formula is C42H26F18I6N3O18S3-3. The van der Waals surface area contributed by atoms with Crippen molar-refractivity contribution in [2.75, 3.05) is 17.3 Å². The third kappa shape index (κ3) is 17.7. The van der Waals surface area contributed by atoms with Gasteiger partial charge in [0, 0.05) is 18.6 Å². The van der Waals surface area contributed by atoms with Crippen molar-refractivity contribution < 1.29 is 162 Å². The third-order valence-corrected chi connectivity index (χ3v) is 20.3. The molecule has 2 saturated carbocycles. The second kappa shape index (κ2) is 27.5. The minimum atomic E-state index is -6.42. The van der Waals surface area contributed by atoms with Crippen molar-refractivity contribution in [2.24, 2.45) is 23.7 Å². The molecule has 1 saturated heterocycles. The molecule has 3 aliphatic rings. The number of benzene rings is 3. The van der Waals surface area contributed by atoms with Crippen LogP contribution in [0.5, 0.6) is 17.2 Å². The highest BCUT2D eigenvalue weighted by Gasteiger charge is 2.75. The fourth-order valence-electron chi connectivity index (χ4n) is 8.84. The second-order valence-electron chi connectivity index (χ2n) is 18.8. The van der Waals surface area contributed by atoms with E-state index in [2.05, 4.69) is 0 Å². The number of ether oxygens (including phenoxy) is 2. The summed E-state index contributed by atoms with van der Waals surface area (Å²) in [5.74, 6) is -20.3. The molecule has 3 fully saturated rings. The number of hydrogen-bond acceptors (Lipinski definition) is 18. The Morgan fingerprint density at radius 1 is 0.544 bits per heavy atom. The van der Waals surface area contributed by atoms with Gasteiger partial charge in [-0.15, -0.1) is 0 Å². The number of aromatic hydroxyl groups is 2. The first-order valence-corrected chi connectivity index (χ1v) is 33.7. The summed E-state index contributed by atoms with van der Waals surface area (Å²) < 4.78 is 347. The number of nitrogens with one attached hydrogen (secondary N) is 3. The second-order valence-corrected chi connectivity index (χ2v) is 30.0. The van der Waals surface area contributed by atoms with Crippen LogP contribution in [0.2, 0.25) is 0 Å². The predicted octanol–water partition coefficient (Wildman–Crippen LogP) is 8.62. The molecule has 90 heavy (non-hydrogen) atoms. The van der Waals surface area contributed by atoms with E-state index in [1.54, 1.807) is 67.8 Å². The van der Waals surface area contributed by atoms with E-state index in [0.29, 0.717) is 34.9 Å². The van der Waals surface area contributed by atoms with Crippen molar-refractivity contribution in [2.45, 2.75) is 72.6 Å². The average molecular weight is 2060 g/mol. The molecule has 0 spiro atoms. The smallest absolute Gasteiger partial charge is 0.421 e. The quantitative estimate of drug-likeness (QED) is 0.0331. The first kappa shape index (κ1) is 79.9. The Bertz CT molecular complexity index is 3660. The Labute approximate surface area is 572 Å². The molecule has 0 aromatic heterocycles. The zero-order valence-corrected chi connectivity index (χ0v) is 57.5. The molecule has 3 aromatic carbocycles. The van der Waals surface area contributed by atoms with Crippen LogP contribution in [0.15, 0.2) is 36.4 Å². The number of carbonyl (C=O) groups excluding carboxylic acids is 5. The Kier molecular flexibility index (Phi) is 24.4. The molecule has 21 nitrogen and oxygen atoms in total. The Morgan fingerprint density at radius 3 is 1.36 bits per heavy atom. The van der Waals surface area contributed by atoms with Crippen molar-refractivity contribution >= 4 is 196 Å². The van der Waals surface area contributed by atoms with Crippen LogP contribution >= 0.6 is 136 Å². The lowest BCUT2D eigenvalue weighted by Gasteiger charge is -2.38. The zero-order chi connectivity index (χ0) is 70.0. The zero-order valence-electron chi connectivity index (χ0n) is 42.1. The number of amides is 3. The SMILES string of the molecule is O=C(NC(CS(=O)(=O)[O-])(C(F)(F)F)C(F)(F)F)c1c(I)cc(I)c(O)c1I.O=C(NC(CS(=O)(=O)[O-])(C(F)(F)F)C(F)(F)F)c1cc(I)cc(I)c1O.O=C(NC(CS(=O)(=O)[O-])(C(F)(F)F)C(F)(F)F)c1ccc(I)c(OC(=O)C2C3CC4OC(=O)C2C4C3)c1. The van der Waals surface area contributed by atoms with E-state index in [9.17, 15) is 152 Å².